The van der Waals surface area contributed by atoms with Crippen molar-refractivity contribution in [1.29, 1.82) is 0 Å². The fraction of sp³-hybridized carbons (Fsp3) is 0.412. The Morgan fingerprint density at radius 1 is 1.14 bits per heavy atom. The van der Waals surface area contributed by atoms with Crippen LogP contribution in [0.25, 0.3) is 0 Å². The Morgan fingerprint density at radius 3 is 2.48 bits per heavy atom. The summed E-state index contributed by atoms with van der Waals surface area (Å²) in [7, 11) is 0. The van der Waals surface area contributed by atoms with E-state index in [1.165, 1.54) is 5.56 Å². The van der Waals surface area contributed by atoms with Crippen molar-refractivity contribution in [2.45, 2.75) is 39.2 Å². The molecule has 3 N–H and O–H groups in total. The summed E-state index contributed by atoms with van der Waals surface area (Å²) < 4.78 is 0. The second kappa shape index (κ2) is 7.18. The van der Waals surface area contributed by atoms with Crippen molar-refractivity contribution >= 4 is 5.82 Å². The van der Waals surface area contributed by atoms with Crippen LogP contribution in [0.1, 0.15) is 36.8 Å². The van der Waals surface area contributed by atoms with Gasteiger partial charge in [-0.25, -0.2) is 9.97 Å². The predicted octanol–water partition coefficient (Wildman–Crippen LogP) is 2.89. The summed E-state index contributed by atoms with van der Waals surface area (Å²) in [5.74, 6) is 2.04. The van der Waals surface area contributed by atoms with Gasteiger partial charge in [-0.3, -0.25) is 0 Å². The average Bonchev–Trinajstić information content (AvgIpc) is 2.47. The van der Waals surface area contributed by atoms with E-state index in [-0.39, 0.29) is 6.04 Å². The molecule has 4 heteroatoms. The number of nitrogens with one attached hydrogen (secondary N) is 1. The van der Waals surface area contributed by atoms with Crippen LogP contribution in [-0.4, -0.2) is 22.6 Å². The van der Waals surface area contributed by atoms with Crippen molar-refractivity contribution in [2.24, 2.45) is 5.73 Å². The quantitative estimate of drug-likeness (QED) is 0.856. The van der Waals surface area contributed by atoms with Gasteiger partial charge in [-0.2, -0.15) is 0 Å². The summed E-state index contributed by atoms with van der Waals surface area (Å²) in [6, 6.07) is 12.5. The van der Waals surface area contributed by atoms with E-state index in [9.17, 15) is 0 Å². The van der Waals surface area contributed by atoms with E-state index in [4.69, 9.17) is 5.73 Å². The number of hydrogen-bond acceptors (Lipinski definition) is 4. The number of nitrogens with two attached hydrogens (primary N) is 1. The third-order valence-corrected chi connectivity index (χ3v) is 3.35. The number of rotatable bonds is 6. The summed E-state index contributed by atoms with van der Waals surface area (Å²) in [6.45, 7) is 6.76. The first-order valence-electron chi connectivity index (χ1n) is 7.44. The van der Waals surface area contributed by atoms with Crippen molar-refractivity contribution in [1.82, 2.24) is 9.97 Å². The van der Waals surface area contributed by atoms with Crippen molar-refractivity contribution in [2.75, 3.05) is 11.9 Å². The highest BCUT2D eigenvalue weighted by Crippen LogP contribution is 2.15. The first-order chi connectivity index (χ1) is 10.1. The molecule has 0 aliphatic heterocycles. The SMILES string of the molecule is Cc1cc(NC(CN)Cc2ccccc2)nc(C(C)C)n1. The topological polar surface area (TPSA) is 63.8 Å². The van der Waals surface area contributed by atoms with Gasteiger partial charge in [0, 0.05) is 30.3 Å². The molecular weight excluding hydrogens is 260 g/mol. The van der Waals surface area contributed by atoms with Crippen LogP contribution < -0.4 is 11.1 Å². The molecular formula is C17H24N4. The van der Waals surface area contributed by atoms with Gasteiger partial charge in [0.25, 0.3) is 0 Å². The molecule has 1 unspecified atom stereocenters. The summed E-state index contributed by atoms with van der Waals surface area (Å²) in [5.41, 5.74) is 8.15. The lowest BCUT2D eigenvalue weighted by atomic mass is 10.1. The smallest absolute Gasteiger partial charge is 0.133 e. The zero-order chi connectivity index (χ0) is 15.2. The molecule has 21 heavy (non-hydrogen) atoms. The molecule has 0 amide bonds. The van der Waals surface area contributed by atoms with E-state index in [1.54, 1.807) is 0 Å². The zero-order valence-corrected chi connectivity index (χ0v) is 13.0. The van der Waals surface area contributed by atoms with Gasteiger partial charge in [-0.15, -0.1) is 0 Å². The van der Waals surface area contributed by atoms with Gasteiger partial charge in [0.1, 0.15) is 11.6 Å². The van der Waals surface area contributed by atoms with Crippen molar-refractivity contribution in [3.63, 3.8) is 0 Å². The molecule has 0 radical (unpaired) electrons. The van der Waals surface area contributed by atoms with Crippen LogP contribution in [0, 0.1) is 6.92 Å². The zero-order valence-electron chi connectivity index (χ0n) is 13.0. The average molecular weight is 284 g/mol. The minimum absolute atomic E-state index is 0.168. The van der Waals surface area contributed by atoms with E-state index >= 15 is 0 Å². The Hall–Kier alpha value is -1.94. The molecule has 1 heterocycles. The molecule has 1 atom stereocenters. The highest BCUT2D eigenvalue weighted by molar-refractivity contribution is 5.38. The van der Waals surface area contributed by atoms with Crippen LogP contribution in [0.2, 0.25) is 0 Å². The largest absolute Gasteiger partial charge is 0.366 e. The Bertz CT molecular complexity index is 566. The van der Waals surface area contributed by atoms with Crippen LogP contribution in [0.4, 0.5) is 5.82 Å². The van der Waals surface area contributed by atoms with E-state index < -0.39 is 0 Å². The van der Waals surface area contributed by atoms with Crippen LogP contribution >= 0.6 is 0 Å². The molecule has 0 spiro atoms. The number of hydrogen-bond donors (Lipinski definition) is 2. The molecule has 0 bridgehead atoms. The van der Waals surface area contributed by atoms with E-state index in [0.29, 0.717) is 12.5 Å². The Labute approximate surface area is 126 Å². The third-order valence-electron chi connectivity index (χ3n) is 3.35. The molecule has 0 aliphatic rings. The summed E-state index contributed by atoms with van der Waals surface area (Å²) in [5, 5.41) is 3.44. The third kappa shape index (κ3) is 4.53. The molecule has 112 valence electrons. The van der Waals surface area contributed by atoms with Gasteiger partial charge < -0.3 is 11.1 Å². The second-order valence-corrected chi connectivity index (χ2v) is 5.67. The predicted molar refractivity (Wildman–Crippen MR) is 87.5 cm³/mol. The normalized spacial score (nSPS) is 12.4. The first kappa shape index (κ1) is 15.4. The maximum atomic E-state index is 5.90. The maximum absolute atomic E-state index is 5.90. The fourth-order valence-electron chi connectivity index (χ4n) is 2.22. The van der Waals surface area contributed by atoms with Crippen LogP contribution in [0.15, 0.2) is 36.4 Å². The number of anilines is 1. The number of nitrogens with zero attached hydrogens (tertiary/aromatic N) is 2. The van der Waals surface area contributed by atoms with Crippen LogP contribution in [0.5, 0.6) is 0 Å². The highest BCUT2D eigenvalue weighted by Gasteiger charge is 2.11. The van der Waals surface area contributed by atoms with Gasteiger partial charge >= 0.3 is 0 Å². The highest BCUT2D eigenvalue weighted by atomic mass is 15.1. The van der Waals surface area contributed by atoms with Gasteiger partial charge in [0.05, 0.1) is 0 Å². The number of aromatic nitrogens is 2. The number of benzene rings is 1. The van der Waals surface area contributed by atoms with Crippen molar-refractivity contribution in [3.05, 3.63) is 53.5 Å². The molecule has 0 saturated carbocycles. The molecule has 0 fully saturated rings. The van der Waals surface area contributed by atoms with Crippen LogP contribution in [0.3, 0.4) is 0 Å². The molecule has 0 saturated heterocycles. The fourth-order valence-corrected chi connectivity index (χ4v) is 2.22. The number of aryl methyl sites for hydroxylation is 1. The lowest BCUT2D eigenvalue weighted by Gasteiger charge is -2.18. The van der Waals surface area contributed by atoms with Crippen molar-refractivity contribution < 1.29 is 0 Å². The molecule has 4 nitrogen and oxygen atoms in total. The Kier molecular flexibility index (Phi) is 5.28. The maximum Gasteiger partial charge on any atom is 0.133 e. The van der Waals surface area contributed by atoms with Gasteiger partial charge in [0.15, 0.2) is 0 Å². The molecule has 2 aromatic rings. The second-order valence-electron chi connectivity index (χ2n) is 5.67. The summed E-state index contributed by atoms with van der Waals surface area (Å²) in [6.07, 6.45) is 0.886. The molecule has 0 aliphatic carbocycles. The van der Waals surface area contributed by atoms with Gasteiger partial charge in [0.2, 0.25) is 0 Å². The lowest BCUT2D eigenvalue weighted by Crippen LogP contribution is -2.31. The summed E-state index contributed by atoms with van der Waals surface area (Å²) >= 11 is 0. The molecule has 2 rings (SSSR count). The lowest BCUT2D eigenvalue weighted by molar-refractivity contribution is 0.710. The van der Waals surface area contributed by atoms with Gasteiger partial charge in [-0.1, -0.05) is 44.2 Å². The standard InChI is InChI=1S/C17H24N4/c1-12(2)17-19-13(3)9-16(21-17)20-15(11-18)10-14-7-5-4-6-8-14/h4-9,12,15H,10-11,18H2,1-3H3,(H,19,20,21). The van der Waals surface area contributed by atoms with E-state index in [1.807, 2.05) is 19.1 Å². The molecule has 1 aromatic heterocycles. The van der Waals surface area contributed by atoms with Crippen LogP contribution in [-0.2, 0) is 6.42 Å². The first-order valence-corrected chi connectivity index (χ1v) is 7.44. The van der Waals surface area contributed by atoms with Crippen molar-refractivity contribution in [3.8, 4) is 0 Å². The minimum atomic E-state index is 0.168. The van der Waals surface area contributed by atoms with E-state index in [0.717, 1.165) is 23.8 Å². The minimum Gasteiger partial charge on any atom is -0.366 e. The Balaban J connectivity index is 2.11. The summed E-state index contributed by atoms with van der Waals surface area (Å²) in [4.78, 5) is 9.05. The monoisotopic (exact) mass is 284 g/mol. The van der Waals surface area contributed by atoms with E-state index in [2.05, 4.69) is 53.4 Å². The Morgan fingerprint density at radius 2 is 1.86 bits per heavy atom. The van der Waals surface area contributed by atoms with Gasteiger partial charge in [-0.05, 0) is 18.9 Å². The molecule has 1 aromatic carbocycles.